The minimum Gasteiger partial charge on any atom is -0.310 e. The Morgan fingerprint density at radius 3 is 2.55 bits per heavy atom. The van der Waals surface area contributed by atoms with Crippen LogP contribution in [0.3, 0.4) is 0 Å². The second-order valence-electron chi connectivity index (χ2n) is 7.86. The zero-order valence-electron chi connectivity index (χ0n) is 17.7. The molecule has 0 bridgehead atoms. The average molecular weight is 389 g/mol. The Balaban J connectivity index is 1.77. The summed E-state index contributed by atoms with van der Waals surface area (Å²) in [5, 5.41) is 15.8. The summed E-state index contributed by atoms with van der Waals surface area (Å²) in [5.74, 6) is 0.325. The summed E-state index contributed by atoms with van der Waals surface area (Å²) in [4.78, 5) is 4.32. The molecule has 150 valence electrons. The number of benzene rings is 1. The van der Waals surface area contributed by atoms with Crippen LogP contribution in [0.5, 0.6) is 0 Å². The molecule has 6 heteroatoms. The summed E-state index contributed by atoms with van der Waals surface area (Å²) in [6.45, 7) is 11.8. The lowest BCUT2D eigenvalue weighted by atomic mass is 9.93. The predicted molar refractivity (Wildman–Crippen MR) is 117 cm³/mol. The molecule has 0 unspecified atom stereocenters. The van der Waals surface area contributed by atoms with E-state index in [1.807, 2.05) is 10.7 Å². The van der Waals surface area contributed by atoms with Crippen LogP contribution in [0.15, 0.2) is 42.9 Å². The van der Waals surface area contributed by atoms with E-state index in [0.717, 1.165) is 40.3 Å². The second kappa shape index (κ2) is 7.79. The van der Waals surface area contributed by atoms with E-state index < -0.39 is 0 Å². The molecular weight excluding hydrogens is 360 g/mol. The van der Waals surface area contributed by atoms with Gasteiger partial charge < -0.3 is 5.32 Å². The van der Waals surface area contributed by atoms with Crippen LogP contribution in [0.4, 0.5) is 0 Å². The van der Waals surface area contributed by atoms with E-state index in [-0.39, 0.29) is 0 Å². The molecule has 0 radical (unpaired) electrons. The number of hydrogen-bond acceptors (Lipinski definition) is 4. The molecule has 4 aromatic rings. The van der Waals surface area contributed by atoms with E-state index in [9.17, 15) is 0 Å². The zero-order valence-corrected chi connectivity index (χ0v) is 17.7. The normalized spacial score (nSPS) is 12.8. The molecule has 3 heterocycles. The maximum Gasteiger partial charge on any atom is 0.158 e. The number of nitrogens with one attached hydrogen (secondary N) is 2. The van der Waals surface area contributed by atoms with Crippen molar-refractivity contribution in [2.45, 2.75) is 46.6 Å². The fourth-order valence-corrected chi connectivity index (χ4v) is 3.94. The van der Waals surface area contributed by atoms with Gasteiger partial charge in [-0.15, -0.1) is 0 Å². The Bertz CT molecular complexity index is 1120. The molecule has 0 fully saturated rings. The number of aromatic nitrogens is 5. The number of aryl methyl sites for hydroxylation is 1. The number of rotatable bonds is 6. The van der Waals surface area contributed by atoms with Crippen LogP contribution in [0.25, 0.3) is 28.2 Å². The first-order chi connectivity index (χ1) is 14.0. The summed E-state index contributed by atoms with van der Waals surface area (Å²) in [6, 6.07) is 11.2. The van der Waals surface area contributed by atoms with Gasteiger partial charge in [-0.25, -0.2) is 9.50 Å². The lowest BCUT2D eigenvalue weighted by Gasteiger charge is -2.14. The third-order valence-electron chi connectivity index (χ3n) is 5.42. The number of pyridine rings is 1. The molecule has 4 rings (SSSR count). The Morgan fingerprint density at radius 1 is 1.10 bits per heavy atom. The second-order valence-corrected chi connectivity index (χ2v) is 7.86. The summed E-state index contributed by atoms with van der Waals surface area (Å²) in [7, 11) is 0. The van der Waals surface area contributed by atoms with Gasteiger partial charge in [0.05, 0.1) is 11.4 Å². The zero-order chi connectivity index (χ0) is 20.5. The molecule has 0 aliphatic carbocycles. The number of H-pyrrole nitrogens is 1. The monoisotopic (exact) mass is 388 g/mol. The van der Waals surface area contributed by atoms with Crippen molar-refractivity contribution < 1.29 is 0 Å². The molecule has 0 amide bonds. The SMILES string of the molecule is CCN[C@@H](C)c1ccc(-c2[nH]nc(-c3cc(C)c4ncnn4c3)c2C(C)C)cc1. The fraction of sp³-hybridized carbons (Fsp3) is 0.348. The van der Waals surface area contributed by atoms with Gasteiger partial charge in [-0.2, -0.15) is 10.2 Å². The molecule has 6 nitrogen and oxygen atoms in total. The van der Waals surface area contributed by atoms with Crippen molar-refractivity contribution in [1.82, 2.24) is 30.1 Å². The van der Waals surface area contributed by atoms with Crippen LogP contribution >= 0.6 is 0 Å². The van der Waals surface area contributed by atoms with Gasteiger partial charge in [0.15, 0.2) is 5.65 Å². The number of aromatic amines is 1. The van der Waals surface area contributed by atoms with Crippen molar-refractivity contribution in [1.29, 1.82) is 0 Å². The number of nitrogens with zero attached hydrogens (tertiary/aromatic N) is 4. The van der Waals surface area contributed by atoms with Gasteiger partial charge >= 0.3 is 0 Å². The molecule has 0 aliphatic rings. The third-order valence-corrected chi connectivity index (χ3v) is 5.42. The lowest BCUT2D eigenvalue weighted by molar-refractivity contribution is 0.598. The van der Waals surface area contributed by atoms with Crippen molar-refractivity contribution in [3.63, 3.8) is 0 Å². The highest BCUT2D eigenvalue weighted by molar-refractivity contribution is 5.75. The van der Waals surface area contributed by atoms with Crippen LogP contribution in [-0.4, -0.2) is 31.3 Å². The topological polar surface area (TPSA) is 70.9 Å². The Labute approximate surface area is 171 Å². The maximum absolute atomic E-state index is 4.70. The van der Waals surface area contributed by atoms with Crippen molar-refractivity contribution in [2.24, 2.45) is 0 Å². The van der Waals surface area contributed by atoms with Crippen molar-refractivity contribution in [2.75, 3.05) is 6.54 Å². The van der Waals surface area contributed by atoms with Crippen molar-refractivity contribution >= 4 is 5.65 Å². The van der Waals surface area contributed by atoms with Crippen LogP contribution in [-0.2, 0) is 0 Å². The van der Waals surface area contributed by atoms with Gasteiger partial charge in [-0.3, -0.25) is 5.10 Å². The standard InChI is InChI=1S/C23H28N6/c1-6-24-16(5)17-7-9-18(10-8-17)21-20(14(2)3)22(28-27-21)19-11-15(4)23-25-13-26-29(23)12-19/h7-14,16,24H,6H2,1-5H3,(H,27,28)/t16-/m0/s1. The van der Waals surface area contributed by atoms with Gasteiger partial charge in [0.25, 0.3) is 0 Å². The highest BCUT2D eigenvalue weighted by Gasteiger charge is 2.20. The molecular formula is C23H28N6. The minimum absolute atomic E-state index is 0.325. The minimum atomic E-state index is 0.325. The number of hydrogen-bond donors (Lipinski definition) is 2. The molecule has 3 aromatic heterocycles. The summed E-state index contributed by atoms with van der Waals surface area (Å²) in [5.41, 5.74) is 8.71. The molecule has 29 heavy (non-hydrogen) atoms. The van der Waals surface area contributed by atoms with Crippen LogP contribution in [0.1, 0.15) is 56.3 Å². The summed E-state index contributed by atoms with van der Waals surface area (Å²) < 4.78 is 1.82. The van der Waals surface area contributed by atoms with E-state index in [4.69, 9.17) is 5.10 Å². The molecule has 0 saturated heterocycles. The largest absolute Gasteiger partial charge is 0.310 e. The van der Waals surface area contributed by atoms with E-state index >= 15 is 0 Å². The quantitative estimate of drug-likeness (QED) is 0.493. The smallest absolute Gasteiger partial charge is 0.158 e. The maximum atomic E-state index is 4.70. The van der Waals surface area contributed by atoms with E-state index in [1.54, 1.807) is 6.33 Å². The molecule has 1 aromatic carbocycles. The van der Waals surface area contributed by atoms with Crippen molar-refractivity contribution in [3.05, 3.63) is 59.5 Å². The Morgan fingerprint density at radius 2 is 1.86 bits per heavy atom. The Hall–Kier alpha value is -2.99. The van der Waals surface area contributed by atoms with Crippen LogP contribution in [0, 0.1) is 6.92 Å². The van der Waals surface area contributed by atoms with E-state index in [2.05, 4.69) is 85.4 Å². The first kappa shape index (κ1) is 19.3. The van der Waals surface area contributed by atoms with E-state index in [1.165, 1.54) is 11.1 Å². The molecule has 2 N–H and O–H groups in total. The third kappa shape index (κ3) is 3.56. The summed E-state index contributed by atoms with van der Waals surface area (Å²) in [6.07, 6.45) is 3.59. The lowest BCUT2D eigenvalue weighted by Crippen LogP contribution is -2.17. The van der Waals surface area contributed by atoms with Gasteiger partial charge in [-0.05, 0) is 49.1 Å². The predicted octanol–water partition coefficient (Wildman–Crippen LogP) is 4.89. The Kier molecular flexibility index (Phi) is 5.20. The van der Waals surface area contributed by atoms with Crippen LogP contribution in [0.2, 0.25) is 0 Å². The highest BCUT2D eigenvalue weighted by atomic mass is 15.3. The highest BCUT2D eigenvalue weighted by Crippen LogP contribution is 2.36. The number of fused-ring (bicyclic) bond motifs is 1. The molecule has 0 aliphatic heterocycles. The average Bonchev–Trinajstić information content (AvgIpc) is 3.35. The van der Waals surface area contributed by atoms with Gasteiger partial charge in [0.1, 0.15) is 6.33 Å². The fourth-order valence-electron chi connectivity index (χ4n) is 3.94. The van der Waals surface area contributed by atoms with E-state index in [0.29, 0.717) is 12.0 Å². The van der Waals surface area contributed by atoms with Gasteiger partial charge in [-0.1, -0.05) is 45.0 Å². The molecule has 1 atom stereocenters. The van der Waals surface area contributed by atoms with Gasteiger partial charge in [0, 0.05) is 23.4 Å². The van der Waals surface area contributed by atoms with Gasteiger partial charge in [0.2, 0.25) is 0 Å². The molecule has 0 saturated carbocycles. The summed E-state index contributed by atoms with van der Waals surface area (Å²) >= 11 is 0. The first-order valence-corrected chi connectivity index (χ1v) is 10.2. The first-order valence-electron chi connectivity index (χ1n) is 10.2. The van der Waals surface area contributed by atoms with Crippen LogP contribution < -0.4 is 5.32 Å². The molecule has 0 spiro atoms. The van der Waals surface area contributed by atoms with Crippen molar-refractivity contribution in [3.8, 4) is 22.5 Å².